The molecule has 0 atom stereocenters. The summed E-state index contributed by atoms with van der Waals surface area (Å²) in [6.45, 7) is 3.86. The fourth-order valence-electron chi connectivity index (χ4n) is 2.15. The average Bonchev–Trinajstić information content (AvgIpc) is 2.65. The highest BCUT2D eigenvalue weighted by molar-refractivity contribution is 7.89. The normalized spacial score (nSPS) is 19.3. The quantitative estimate of drug-likeness (QED) is 0.467. The Kier molecular flexibility index (Phi) is 5.12. The summed E-state index contributed by atoms with van der Waals surface area (Å²) in [4.78, 5) is 0. The van der Waals surface area contributed by atoms with Crippen LogP contribution in [0.5, 0.6) is 0 Å². The minimum absolute atomic E-state index is 0.00782. The molecule has 0 aliphatic heterocycles. The third-order valence-electron chi connectivity index (χ3n) is 3.13. The van der Waals surface area contributed by atoms with Gasteiger partial charge in [0.1, 0.15) is 5.84 Å². The molecule has 1 fully saturated rings. The zero-order chi connectivity index (χ0) is 13.8. The minimum atomic E-state index is -3.46. The van der Waals surface area contributed by atoms with E-state index in [0.717, 1.165) is 12.8 Å². The molecule has 1 saturated carbocycles. The van der Waals surface area contributed by atoms with Gasteiger partial charge in [-0.1, -0.05) is 12.8 Å². The Morgan fingerprint density at radius 1 is 1.44 bits per heavy atom. The van der Waals surface area contributed by atoms with Crippen LogP contribution in [0.25, 0.3) is 0 Å². The van der Waals surface area contributed by atoms with E-state index in [1.165, 1.54) is 0 Å². The fraction of sp³-hybridized carbons (Fsp3) is 0.909. The smallest absolute Gasteiger partial charge is 0.214 e. The predicted molar refractivity (Wildman–Crippen MR) is 71.1 cm³/mol. The van der Waals surface area contributed by atoms with E-state index in [-0.39, 0.29) is 24.3 Å². The van der Waals surface area contributed by atoms with Gasteiger partial charge in [-0.05, 0) is 26.7 Å². The van der Waals surface area contributed by atoms with Gasteiger partial charge in [-0.2, -0.15) is 0 Å². The van der Waals surface area contributed by atoms with Crippen molar-refractivity contribution in [3.63, 3.8) is 0 Å². The first kappa shape index (κ1) is 15.4. The Balaban J connectivity index is 2.60. The van der Waals surface area contributed by atoms with E-state index in [4.69, 9.17) is 15.9 Å². The van der Waals surface area contributed by atoms with Gasteiger partial charge in [0.25, 0.3) is 0 Å². The molecule has 0 bridgehead atoms. The molecular weight excluding hydrogens is 254 g/mol. The zero-order valence-corrected chi connectivity index (χ0v) is 11.8. The summed E-state index contributed by atoms with van der Waals surface area (Å²) >= 11 is 0. The average molecular weight is 277 g/mol. The van der Waals surface area contributed by atoms with Gasteiger partial charge in [0.2, 0.25) is 10.0 Å². The molecule has 18 heavy (non-hydrogen) atoms. The SMILES string of the molecule is CC(C)OCCS(=O)(=O)NC1(C(=N)N)CCCC1. The largest absolute Gasteiger partial charge is 0.386 e. The van der Waals surface area contributed by atoms with Crippen molar-refractivity contribution in [1.82, 2.24) is 4.72 Å². The van der Waals surface area contributed by atoms with Crippen molar-refractivity contribution in [2.75, 3.05) is 12.4 Å². The Morgan fingerprint density at radius 2 is 2.00 bits per heavy atom. The van der Waals surface area contributed by atoms with E-state index in [2.05, 4.69) is 4.72 Å². The molecule has 0 unspecified atom stereocenters. The standard InChI is InChI=1S/C11H23N3O3S/c1-9(2)17-7-8-18(15,16)14-11(10(12)13)5-3-4-6-11/h9,14H,3-8H2,1-2H3,(H3,12,13). The van der Waals surface area contributed by atoms with E-state index in [1.807, 2.05) is 13.8 Å². The van der Waals surface area contributed by atoms with E-state index in [0.29, 0.717) is 12.8 Å². The second-order valence-electron chi connectivity index (χ2n) is 5.04. The van der Waals surface area contributed by atoms with Gasteiger partial charge in [0.05, 0.1) is 24.0 Å². The topological polar surface area (TPSA) is 105 Å². The van der Waals surface area contributed by atoms with Gasteiger partial charge in [-0.25, -0.2) is 13.1 Å². The number of rotatable bonds is 7. The molecule has 1 aliphatic rings. The predicted octanol–water partition coefficient (Wildman–Crippen LogP) is 0.580. The molecule has 0 saturated heterocycles. The molecule has 0 radical (unpaired) electrons. The van der Waals surface area contributed by atoms with Crippen LogP contribution in [0.15, 0.2) is 0 Å². The first-order valence-corrected chi connectivity index (χ1v) is 7.90. The van der Waals surface area contributed by atoms with Crippen molar-refractivity contribution in [1.29, 1.82) is 5.41 Å². The van der Waals surface area contributed by atoms with Crippen LogP contribution < -0.4 is 10.5 Å². The van der Waals surface area contributed by atoms with Crippen molar-refractivity contribution in [3.8, 4) is 0 Å². The van der Waals surface area contributed by atoms with E-state index < -0.39 is 15.6 Å². The summed E-state index contributed by atoms with van der Waals surface area (Å²) < 4.78 is 31.7. The molecule has 7 heteroatoms. The summed E-state index contributed by atoms with van der Waals surface area (Å²) in [5.74, 6) is -0.187. The maximum Gasteiger partial charge on any atom is 0.214 e. The molecule has 0 heterocycles. The molecule has 0 aromatic carbocycles. The second-order valence-corrected chi connectivity index (χ2v) is 6.89. The number of ether oxygens (including phenoxy) is 1. The van der Waals surface area contributed by atoms with Crippen molar-refractivity contribution in [2.24, 2.45) is 5.73 Å². The van der Waals surface area contributed by atoms with Crippen LogP contribution in [0.3, 0.4) is 0 Å². The van der Waals surface area contributed by atoms with Gasteiger partial charge < -0.3 is 10.5 Å². The summed E-state index contributed by atoms with van der Waals surface area (Å²) in [5.41, 5.74) is 4.68. The highest BCUT2D eigenvalue weighted by Crippen LogP contribution is 2.30. The molecule has 106 valence electrons. The zero-order valence-electron chi connectivity index (χ0n) is 11.0. The van der Waals surface area contributed by atoms with Crippen LogP contribution >= 0.6 is 0 Å². The third-order valence-corrected chi connectivity index (χ3v) is 4.53. The number of hydrogen-bond acceptors (Lipinski definition) is 4. The second kappa shape index (κ2) is 5.99. The molecule has 0 amide bonds. The number of hydrogen-bond donors (Lipinski definition) is 3. The van der Waals surface area contributed by atoms with Crippen LogP contribution in [0.1, 0.15) is 39.5 Å². The van der Waals surface area contributed by atoms with Gasteiger partial charge >= 0.3 is 0 Å². The summed E-state index contributed by atoms with van der Waals surface area (Å²) in [6.07, 6.45) is 3.00. The first-order chi connectivity index (χ1) is 8.27. The molecular formula is C11H23N3O3S. The van der Waals surface area contributed by atoms with E-state index in [1.54, 1.807) is 0 Å². The van der Waals surface area contributed by atoms with Crippen molar-refractivity contribution in [2.45, 2.75) is 51.2 Å². The summed E-state index contributed by atoms with van der Waals surface area (Å²) in [7, 11) is -3.46. The number of sulfonamides is 1. The first-order valence-electron chi connectivity index (χ1n) is 6.25. The Bertz CT molecular complexity index is 386. The summed E-state index contributed by atoms with van der Waals surface area (Å²) in [6, 6.07) is 0. The highest BCUT2D eigenvalue weighted by atomic mass is 32.2. The molecule has 4 N–H and O–H groups in total. The van der Waals surface area contributed by atoms with Crippen LogP contribution in [0, 0.1) is 5.41 Å². The lowest BCUT2D eigenvalue weighted by molar-refractivity contribution is 0.0911. The van der Waals surface area contributed by atoms with E-state index in [9.17, 15) is 8.42 Å². The fourth-order valence-corrected chi connectivity index (χ4v) is 3.47. The lowest BCUT2D eigenvalue weighted by Gasteiger charge is -2.28. The molecule has 1 aliphatic carbocycles. The highest BCUT2D eigenvalue weighted by Gasteiger charge is 2.40. The monoisotopic (exact) mass is 277 g/mol. The van der Waals surface area contributed by atoms with Crippen LogP contribution in [0.2, 0.25) is 0 Å². The van der Waals surface area contributed by atoms with E-state index >= 15 is 0 Å². The maximum absolute atomic E-state index is 11.9. The Morgan fingerprint density at radius 3 is 2.44 bits per heavy atom. The van der Waals surface area contributed by atoms with Gasteiger partial charge in [-0.3, -0.25) is 5.41 Å². The Labute approximate surface area is 109 Å². The van der Waals surface area contributed by atoms with Gasteiger partial charge in [-0.15, -0.1) is 0 Å². The van der Waals surface area contributed by atoms with Crippen molar-refractivity contribution < 1.29 is 13.2 Å². The number of nitrogens with one attached hydrogen (secondary N) is 2. The van der Waals surface area contributed by atoms with Crippen LogP contribution in [0.4, 0.5) is 0 Å². The molecule has 0 spiro atoms. The number of nitrogens with two attached hydrogens (primary N) is 1. The molecule has 1 rings (SSSR count). The van der Waals surface area contributed by atoms with Crippen LogP contribution in [-0.2, 0) is 14.8 Å². The minimum Gasteiger partial charge on any atom is -0.386 e. The summed E-state index contributed by atoms with van der Waals surface area (Å²) in [5, 5.41) is 7.58. The molecule has 0 aromatic heterocycles. The number of amidine groups is 1. The van der Waals surface area contributed by atoms with Crippen LogP contribution in [-0.4, -0.2) is 38.3 Å². The lowest BCUT2D eigenvalue weighted by Crippen LogP contribution is -2.55. The third kappa shape index (κ3) is 4.22. The van der Waals surface area contributed by atoms with Crippen molar-refractivity contribution in [3.05, 3.63) is 0 Å². The van der Waals surface area contributed by atoms with Crippen molar-refractivity contribution >= 4 is 15.9 Å². The van der Waals surface area contributed by atoms with Gasteiger partial charge in [0, 0.05) is 0 Å². The lowest BCUT2D eigenvalue weighted by atomic mass is 9.98. The molecule has 0 aromatic rings. The maximum atomic E-state index is 11.9. The van der Waals surface area contributed by atoms with Gasteiger partial charge in [0.15, 0.2) is 0 Å². The Hall–Kier alpha value is -0.660. The molecule has 6 nitrogen and oxygen atoms in total.